The Kier molecular flexibility index (Phi) is 4.14. The fraction of sp³-hybridized carbons (Fsp3) is 0.533. The van der Waals surface area contributed by atoms with E-state index in [1.54, 1.807) is 13.0 Å². The summed E-state index contributed by atoms with van der Waals surface area (Å²) in [6.45, 7) is 3.77. The maximum absolute atomic E-state index is 11.1. The second-order valence-electron chi connectivity index (χ2n) is 4.46. The highest BCUT2D eigenvalue weighted by Crippen LogP contribution is 2.42. The smallest absolute Gasteiger partial charge is 0.303 e. The molecule has 2 rings (SSSR count). The Morgan fingerprint density at radius 3 is 3.00 bits per heavy atom. The van der Waals surface area contributed by atoms with E-state index in [-0.39, 0.29) is 5.97 Å². The van der Waals surface area contributed by atoms with Crippen molar-refractivity contribution < 1.29 is 19.0 Å². The molecule has 2 atom stereocenters. The zero-order valence-corrected chi connectivity index (χ0v) is 11.1. The van der Waals surface area contributed by atoms with Crippen LogP contribution in [0, 0.1) is 23.7 Å². The van der Waals surface area contributed by atoms with Gasteiger partial charge in [-0.2, -0.15) is 0 Å². The molecule has 0 aromatic carbocycles. The van der Waals surface area contributed by atoms with Gasteiger partial charge in [0.2, 0.25) is 5.79 Å². The monoisotopic (exact) mass is 260 g/mol. The van der Waals surface area contributed by atoms with Gasteiger partial charge in [0.15, 0.2) is 6.10 Å². The molecule has 0 aliphatic carbocycles. The second kappa shape index (κ2) is 5.82. The van der Waals surface area contributed by atoms with E-state index in [9.17, 15) is 4.79 Å². The maximum atomic E-state index is 11.1. The Morgan fingerprint density at radius 2 is 2.37 bits per heavy atom. The van der Waals surface area contributed by atoms with Crippen molar-refractivity contribution in [3.8, 4) is 23.7 Å². The molecule has 0 N–H and O–H groups in total. The Bertz CT molecular complexity index is 504. The third-order valence-corrected chi connectivity index (χ3v) is 2.97. The summed E-state index contributed by atoms with van der Waals surface area (Å²) in [6.07, 6.45) is 3.48. The van der Waals surface area contributed by atoms with Gasteiger partial charge in [0.25, 0.3) is 0 Å². The average molecular weight is 260 g/mol. The molecule has 0 amide bonds. The second-order valence-corrected chi connectivity index (χ2v) is 4.46. The normalized spacial score (nSPS) is 30.2. The molecule has 0 saturated carbocycles. The van der Waals surface area contributed by atoms with Gasteiger partial charge in [-0.1, -0.05) is 11.8 Å². The molecular formula is C15H16O4. The van der Waals surface area contributed by atoms with E-state index in [1.807, 2.05) is 0 Å². The number of rotatable bonds is 1. The molecule has 2 aliphatic heterocycles. The molecule has 0 aromatic heterocycles. The summed E-state index contributed by atoms with van der Waals surface area (Å²) >= 11 is 0. The fourth-order valence-electron chi connectivity index (χ4n) is 2.25. The zero-order valence-electron chi connectivity index (χ0n) is 11.1. The molecule has 0 bridgehead atoms. The molecule has 0 radical (unpaired) electrons. The minimum absolute atomic E-state index is 0.337. The minimum atomic E-state index is -0.635. The van der Waals surface area contributed by atoms with Gasteiger partial charge >= 0.3 is 5.97 Å². The Hall–Kier alpha value is -1.91. The standard InChI is InChI=1S/C15H16O4/c1-3-4-5-6-8-13-14(18-12(2)16)11-15(19-13)9-7-10-17-15/h8,14H,7,9-11H2,1-2H3/b13-8-/t14-,15+/m1/s1. The van der Waals surface area contributed by atoms with Crippen LogP contribution in [0.15, 0.2) is 11.8 Å². The molecule has 100 valence electrons. The number of carbonyl (C=O) groups excluding carboxylic acids is 1. The van der Waals surface area contributed by atoms with Crippen LogP contribution in [0.1, 0.15) is 33.1 Å². The molecule has 2 aliphatic rings. The topological polar surface area (TPSA) is 44.8 Å². The van der Waals surface area contributed by atoms with E-state index in [0.29, 0.717) is 18.8 Å². The number of ether oxygens (including phenoxy) is 3. The maximum Gasteiger partial charge on any atom is 0.303 e. The van der Waals surface area contributed by atoms with E-state index >= 15 is 0 Å². The summed E-state index contributed by atoms with van der Waals surface area (Å²) in [5, 5.41) is 0. The van der Waals surface area contributed by atoms with Crippen LogP contribution >= 0.6 is 0 Å². The number of esters is 1. The van der Waals surface area contributed by atoms with E-state index in [4.69, 9.17) is 14.2 Å². The Labute approximate surface area is 113 Å². The number of hydrogen-bond acceptors (Lipinski definition) is 4. The van der Waals surface area contributed by atoms with Crippen molar-refractivity contribution in [2.24, 2.45) is 0 Å². The van der Waals surface area contributed by atoms with Crippen molar-refractivity contribution in [1.29, 1.82) is 0 Å². The molecule has 4 heteroatoms. The van der Waals surface area contributed by atoms with Crippen LogP contribution in [0.25, 0.3) is 0 Å². The predicted molar refractivity (Wildman–Crippen MR) is 68.5 cm³/mol. The summed E-state index contributed by atoms with van der Waals surface area (Å²) in [5.41, 5.74) is 0. The summed E-state index contributed by atoms with van der Waals surface area (Å²) in [6, 6.07) is 0. The van der Waals surface area contributed by atoms with Gasteiger partial charge in [-0.25, -0.2) is 0 Å². The summed E-state index contributed by atoms with van der Waals surface area (Å²) < 4.78 is 16.7. The Morgan fingerprint density at radius 1 is 1.53 bits per heavy atom. The molecule has 4 nitrogen and oxygen atoms in total. The van der Waals surface area contributed by atoms with Crippen molar-refractivity contribution in [2.75, 3.05) is 6.61 Å². The number of hydrogen-bond donors (Lipinski definition) is 0. The van der Waals surface area contributed by atoms with E-state index in [1.165, 1.54) is 6.92 Å². The third kappa shape index (κ3) is 3.30. The summed E-state index contributed by atoms with van der Waals surface area (Å²) in [4.78, 5) is 11.1. The van der Waals surface area contributed by atoms with Gasteiger partial charge < -0.3 is 14.2 Å². The highest BCUT2D eigenvalue weighted by Gasteiger charge is 2.49. The van der Waals surface area contributed by atoms with Crippen molar-refractivity contribution in [2.45, 2.75) is 45.0 Å². The fourth-order valence-corrected chi connectivity index (χ4v) is 2.25. The van der Waals surface area contributed by atoms with E-state index < -0.39 is 11.9 Å². The lowest BCUT2D eigenvalue weighted by atomic mass is 10.1. The number of carbonyl (C=O) groups is 1. The first-order valence-electron chi connectivity index (χ1n) is 6.28. The lowest BCUT2D eigenvalue weighted by Crippen LogP contribution is -2.27. The van der Waals surface area contributed by atoms with Crippen molar-refractivity contribution in [1.82, 2.24) is 0 Å². The highest BCUT2D eigenvalue weighted by atomic mass is 16.7. The van der Waals surface area contributed by atoms with Crippen molar-refractivity contribution in [3.05, 3.63) is 11.8 Å². The first-order valence-corrected chi connectivity index (χ1v) is 6.28. The van der Waals surface area contributed by atoms with Gasteiger partial charge in [-0.15, -0.1) is 0 Å². The molecule has 2 heterocycles. The molecule has 0 unspecified atom stereocenters. The van der Waals surface area contributed by atoms with Crippen molar-refractivity contribution >= 4 is 5.97 Å². The van der Waals surface area contributed by atoms with Gasteiger partial charge in [-0.3, -0.25) is 4.79 Å². The first-order chi connectivity index (χ1) is 9.15. The predicted octanol–water partition coefficient (Wildman–Crippen LogP) is 1.76. The SMILES string of the molecule is CC#CC#C/C=C1\O[C@@]2(CCCO2)C[C@H]1OC(C)=O. The quantitative estimate of drug-likeness (QED) is 0.532. The van der Waals surface area contributed by atoms with E-state index in [0.717, 1.165) is 12.8 Å². The lowest BCUT2D eigenvalue weighted by Gasteiger charge is -2.20. The summed E-state index contributed by atoms with van der Waals surface area (Å²) in [5.74, 6) is 10.3. The highest BCUT2D eigenvalue weighted by molar-refractivity contribution is 5.66. The van der Waals surface area contributed by atoms with Crippen LogP contribution in [0.4, 0.5) is 0 Å². The molecule has 2 saturated heterocycles. The van der Waals surface area contributed by atoms with Crippen LogP contribution in [0.5, 0.6) is 0 Å². The van der Waals surface area contributed by atoms with Gasteiger partial charge in [0.05, 0.1) is 13.0 Å². The lowest BCUT2D eigenvalue weighted by molar-refractivity contribution is -0.163. The van der Waals surface area contributed by atoms with Crippen LogP contribution in [-0.4, -0.2) is 24.5 Å². The van der Waals surface area contributed by atoms with Crippen LogP contribution in [-0.2, 0) is 19.0 Å². The minimum Gasteiger partial charge on any atom is -0.462 e. The van der Waals surface area contributed by atoms with Crippen LogP contribution < -0.4 is 0 Å². The molecule has 19 heavy (non-hydrogen) atoms. The molecule has 0 aromatic rings. The largest absolute Gasteiger partial charge is 0.462 e. The first kappa shape index (κ1) is 13.5. The molecular weight excluding hydrogens is 244 g/mol. The number of allylic oxidation sites excluding steroid dienone is 1. The van der Waals surface area contributed by atoms with Gasteiger partial charge in [0.1, 0.15) is 5.76 Å². The van der Waals surface area contributed by atoms with Gasteiger partial charge in [0, 0.05) is 19.4 Å². The zero-order chi connectivity index (χ0) is 13.7. The Balaban J connectivity index is 2.15. The molecule has 1 spiro atoms. The van der Waals surface area contributed by atoms with Crippen LogP contribution in [0.2, 0.25) is 0 Å². The van der Waals surface area contributed by atoms with E-state index in [2.05, 4.69) is 23.7 Å². The summed E-state index contributed by atoms with van der Waals surface area (Å²) in [7, 11) is 0. The average Bonchev–Trinajstić information content (AvgIpc) is 2.93. The van der Waals surface area contributed by atoms with Gasteiger partial charge in [-0.05, 0) is 25.2 Å². The molecule has 2 fully saturated rings. The van der Waals surface area contributed by atoms with Crippen LogP contribution in [0.3, 0.4) is 0 Å². The van der Waals surface area contributed by atoms with Crippen molar-refractivity contribution in [3.63, 3.8) is 0 Å². The third-order valence-electron chi connectivity index (χ3n) is 2.97.